The number of aryl methyl sites for hydroxylation is 2. The van der Waals surface area contributed by atoms with Crippen LogP contribution in [0.25, 0.3) is 0 Å². The first-order valence-corrected chi connectivity index (χ1v) is 7.39. The molecule has 0 aliphatic rings. The van der Waals surface area contributed by atoms with Crippen molar-refractivity contribution >= 4 is 40.6 Å². The average Bonchev–Trinajstić information content (AvgIpc) is 2.76. The molecule has 5 nitrogen and oxygen atoms in total. The fraction of sp³-hybridized carbons (Fsp3) is 0.250. The van der Waals surface area contributed by atoms with Crippen LogP contribution in [0.1, 0.15) is 11.4 Å². The van der Waals surface area contributed by atoms with Crippen molar-refractivity contribution in [2.75, 3.05) is 16.8 Å². The first-order chi connectivity index (χ1) is 9.04. The van der Waals surface area contributed by atoms with E-state index < -0.39 is 0 Å². The summed E-state index contributed by atoms with van der Waals surface area (Å²) in [6, 6.07) is 5.55. The van der Waals surface area contributed by atoms with Gasteiger partial charge in [0.25, 0.3) is 0 Å². The number of anilines is 2. The van der Waals surface area contributed by atoms with Gasteiger partial charge in [-0.15, -0.1) is 0 Å². The Hall–Kier alpha value is -1.60. The fourth-order valence-corrected chi connectivity index (χ4v) is 2.89. The van der Waals surface area contributed by atoms with Gasteiger partial charge in [-0.3, -0.25) is 4.79 Å². The Kier molecular flexibility index (Phi) is 4.39. The molecule has 0 fully saturated rings. The second-order valence-corrected chi connectivity index (χ2v) is 6.01. The minimum absolute atomic E-state index is 0.103. The molecule has 2 rings (SSSR count). The van der Waals surface area contributed by atoms with E-state index in [4.69, 9.17) is 5.73 Å². The lowest BCUT2D eigenvalue weighted by molar-refractivity contribution is -0.113. The number of amides is 1. The zero-order valence-electron chi connectivity index (χ0n) is 10.6. The Labute approximate surface area is 119 Å². The van der Waals surface area contributed by atoms with Crippen molar-refractivity contribution < 1.29 is 4.79 Å². The normalized spacial score (nSPS) is 10.4. The number of hydrogen-bond acceptors (Lipinski definition) is 6. The lowest BCUT2D eigenvalue weighted by Crippen LogP contribution is -2.15. The number of carbonyl (C=O) groups excluding carboxylic acids is 1. The summed E-state index contributed by atoms with van der Waals surface area (Å²) in [7, 11) is 0. The van der Waals surface area contributed by atoms with Crippen LogP contribution in [-0.4, -0.2) is 21.0 Å². The van der Waals surface area contributed by atoms with Gasteiger partial charge in [-0.1, -0.05) is 17.8 Å². The van der Waals surface area contributed by atoms with Gasteiger partial charge in [0.05, 0.1) is 17.1 Å². The van der Waals surface area contributed by atoms with Crippen LogP contribution in [0.4, 0.5) is 11.4 Å². The summed E-state index contributed by atoms with van der Waals surface area (Å²) in [5.41, 5.74) is 8.12. The molecule has 0 atom stereocenters. The number of nitrogen functional groups attached to an aromatic ring is 1. The molecule has 19 heavy (non-hydrogen) atoms. The standard InChI is InChI=1S/C12H14N4OS2/c1-7-3-4-10(9(13)5-7)15-11(17)6-18-12-14-8(2)16-19-12/h3-5H,6,13H2,1-2H3,(H,15,17). The maximum Gasteiger partial charge on any atom is 0.234 e. The monoisotopic (exact) mass is 294 g/mol. The number of rotatable bonds is 4. The highest BCUT2D eigenvalue weighted by Gasteiger charge is 2.08. The van der Waals surface area contributed by atoms with Gasteiger partial charge in [0.1, 0.15) is 5.82 Å². The first kappa shape index (κ1) is 13.8. The molecule has 7 heteroatoms. The Bertz CT molecular complexity index is 597. The van der Waals surface area contributed by atoms with Crippen LogP contribution in [-0.2, 0) is 4.79 Å². The molecule has 1 amide bonds. The van der Waals surface area contributed by atoms with E-state index in [2.05, 4.69) is 14.7 Å². The van der Waals surface area contributed by atoms with Crippen molar-refractivity contribution in [3.05, 3.63) is 29.6 Å². The van der Waals surface area contributed by atoms with Gasteiger partial charge >= 0.3 is 0 Å². The molecule has 0 aliphatic carbocycles. The van der Waals surface area contributed by atoms with Crippen molar-refractivity contribution in [3.8, 4) is 0 Å². The van der Waals surface area contributed by atoms with Crippen LogP contribution in [0.5, 0.6) is 0 Å². The zero-order chi connectivity index (χ0) is 13.8. The third-order valence-electron chi connectivity index (χ3n) is 2.32. The Balaban J connectivity index is 1.90. The number of thioether (sulfide) groups is 1. The quantitative estimate of drug-likeness (QED) is 0.669. The van der Waals surface area contributed by atoms with E-state index in [0.717, 1.165) is 15.7 Å². The molecule has 1 aromatic heterocycles. The van der Waals surface area contributed by atoms with Gasteiger partial charge in [0.15, 0.2) is 4.34 Å². The lowest BCUT2D eigenvalue weighted by atomic mass is 10.2. The number of aromatic nitrogens is 2. The van der Waals surface area contributed by atoms with Crippen LogP contribution < -0.4 is 11.1 Å². The summed E-state index contributed by atoms with van der Waals surface area (Å²) in [6.07, 6.45) is 0. The second-order valence-electron chi connectivity index (χ2n) is 4.04. The fourth-order valence-electron chi connectivity index (χ4n) is 1.45. The average molecular weight is 294 g/mol. The first-order valence-electron chi connectivity index (χ1n) is 5.63. The zero-order valence-corrected chi connectivity index (χ0v) is 12.3. The van der Waals surface area contributed by atoms with Crippen LogP contribution >= 0.6 is 23.3 Å². The highest BCUT2D eigenvalue weighted by molar-refractivity contribution is 8.01. The third-order valence-corrected chi connectivity index (χ3v) is 4.24. The van der Waals surface area contributed by atoms with Crippen LogP contribution in [0, 0.1) is 13.8 Å². The van der Waals surface area contributed by atoms with Gasteiger partial charge in [-0.2, -0.15) is 4.37 Å². The van der Waals surface area contributed by atoms with Gasteiger partial charge < -0.3 is 11.1 Å². The SMILES string of the molecule is Cc1ccc(NC(=O)CSc2nc(C)ns2)c(N)c1. The van der Waals surface area contributed by atoms with E-state index in [-0.39, 0.29) is 5.91 Å². The number of nitrogens with zero attached hydrogens (tertiary/aromatic N) is 2. The molecule has 100 valence electrons. The van der Waals surface area contributed by atoms with E-state index in [0.29, 0.717) is 17.1 Å². The molecule has 1 aromatic carbocycles. The minimum Gasteiger partial charge on any atom is -0.397 e. The van der Waals surface area contributed by atoms with Crippen LogP contribution in [0.15, 0.2) is 22.5 Å². The highest BCUT2D eigenvalue weighted by Crippen LogP contribution is 2.22. The van der Waals surface area contributed by atoms with Crippen LogP contribution in [0.2, 0.25) is 0 Å². The number of benzene rings is 1. The maximum absolute atomic E-state index is 11.8. The number of nitrogens with one attached hydrogen (secondary N) is 1. The molecule has 0 unspecified atom stereocenters. The largest absolute Gasteiger partial charge is 0.397 e. The molecule has 1 heterocycles. The van der Waals surface area contributed by atoms with Crippen molar-refractivity contribution in [3.63, 3.8) is 0 Å². The topological polar surface area (TPSA) is 80.9 Å². The van der Waals surface area contributed by atoms with Gasteiger partial charge in [-0.25, -0.2) is 4.98 Å². The molecular weight excluding hydrogens is 280 g/mol. The Morgan fingerprint density at radius 3 is 2.89 bits per heavy atom. The predicted molar refractivity (Wildman–Crippen MR) is 79.6 cm³/mol. The van der Waals surface area contributed by atoms with Gasteiger partial charge in [0.2, 0.25) is 5.91 Å². The predicted octanol–water partition coefficient (Wildman–Crippen LogP) is 2.47. The smallest absolute Gasteiger partial charge is 0.234 e. The summed E-state index contributed by atoms with van der Waals surface area (Å²) < 4.78 is 4.86. The number of carbonyl (C=O) groups is 1. The molecule has 0 bridgehead atoms. The number of nitrogens with two attached hydrogens (primary N) is 1. The van der Waals surface area contributed by atoms with E-state index in [1.165, 1.54) is 23.3 Å². The van der Waals surface area contributed by atoms with E-state index in [1.54, 1.807) is 0 Å². The van der Waals surface area contributed by atoms with Crippen molar-refractivity contribution in [1.82, 2.24) is 9.36 Å². The molecule has 3 N–H and O–H groups in total. The summed E-state index contributed by atoms with van der Waals surface area (Å²) in [6.45, 7) is 3.78. The maximum atomic E-state index is 11.8. The van der Waals surface area contributed by atoms with Crippen molar-refractivity contribution in [1.29, 1.82) is 0 Å². The molecule has 0 saturated heterocycles. The highest BCUT2D eigenvalue weighted by atomic mass is 32.2. The number of hydrogen-bond donors (Lipinski definition) is 2. The van der Waals surface area contributed by atoms with Crippen molar-refractivity contribution in [2.24, 2.45) is 0 Å². The van der Waals surface area contributed by atoms with Gasteiger partial charge in [0, 0.05) is 0 Å². The van der Waals surface area contributed by atoms with E-state index >= 15 is 0 Å². The summed E-state index contributed by atoms with van der Waals surface area (Å²) in [5.74, 6) is 0.922. The van der Waals surface area contributed by atoms with Crippen LogP contribution in [0.3, 0.4) is 0 Å². The minimum atomic E-state index is -0.103. The summed E-state index contributed by atoms with van der Waals surface area (Å²) in [5, 5.41) is 2.79. The molecule has 0 aliphatic heterocycles. The molecule has 2 aromatic rings. The second kappa shape index (κ2) is 6.03. The molecule has 0 saturated carbocycles. The molecule has 0 radical (unpaired) electrons. The summed E-state index contributed by atoms with van der Waals surface area (Å²) >= 11 is 2.67. The van der Waals surface area contributed by atoms with Gasteiger partial charge in [-0.05, 0) is 43.1 Å². The van der Waals surface area contributed by atoms with Crippen molar-refractivity contribution in [2.45, 2.75) is 18.2 Å². The Morgan fingerprint density at radius 2 is 2.26 bits per heavy atom. The van der Waals surface area contributed by atoms with E-state index in [9.17, 15) is 4.79 Å². The molecular formula is C12H14N4OS2. The van der Waals surface area contributed by atoms with E-state index in [1.807, 2.05) is 32.0 Å². The summed E-state index contributed by atoms with van der Waals surface area (Å²) in [4.78, 5) is 16.0. The third kappa shape index (κ3) is 3.93. The Morgan fingerprint density at radius 1 is 1.47 bits per heavy atom. The molecule has 0 spiro atoms. The lowest BCUT2D eigenvalue weighted by Gasteiger charge is -2.08.